The summed E-state index contributed by atoms with van der Waals surface area (Å²) in [6.07, 6.45) is 3.85. The lowest BCUT2D eigenvalue weighted by atomic mass is 10.6. The third kappa shape index (κ3) is 0.580. The molecule has 0 aliphatic rings. The molecular weight excluding hydrogens is 132 g/mol. The molecule has 0 atom stereocenters. The maximum Gasteiger partial charge on any atom is 0.122 e. The summed E-state index contributed by atoms with van der Waals surface area (Å²) in [4.78, 5) is 5.37. The van der Waals surface area contributed by atoms with Gasteiger partial charge in [0.15, 0.2) is 0 Å². The predicted molar refractivity (Wildman–Crippen MR) is 37.8 cm³/mol. The zero-order chi connectivity index (χ0) is 6.27. The van der Waals surface area contributed by atoms with Gasteiger partial charge in [0, 0.05) is 11.6 Å². The fraction of sp³-hybridized carbons (Fsp3) is 0.167. The molecule has 0 fully saturated rings. The smallest absolute Gasteiger partial charge is 0.122 e. The SMILES string of the molecule is Cc1ncn2ccsc12. The third-order valence-electron chi connectivity index (χ3n) is 1.32. The maximum atomic E-state index is 4.13. The van der Waals surface area contributed by atoms with Crippen molar-refractivity contribution in [3.63, 3.8) is 0 Å². The van der Waals surface area contributed by atoms with Crippen molar-refractivity contribution in [2.24, 2.45) is 0 Å². The average molecular weight is 138 g/mol. The van der Waals surface area contributed by atoms with Crippen LogP contribution in [0.1, 0.15) is 5.69 Å². The van der Waals surface area contributed by atoms with Crippen LogP contribution >= 0.6 is 11.3 Å². The number of hydrogen-bond acceptors (Lipinski definition) is 2. The van der Waals surface area contributed by atoms with E-state index in [1.165, 1.54) is 4.83 Å². The fourth-order valence-electron chi connectivity index (χ4n) is 0.856. The summed E-state index contributed by atoms with van der Waals surface area (Å²) in [5, 5.41) is 2.06. The van der Waals surface area contributed by atoms with Crippen molar-refractivity contribution in [3.8, 4) is 0 Å². The standard InChI is InChI=1S/C6H6N2S/c1-5-6-8(4-7-5)2-3-9-6/h2-4H,1H3. The number of rotatable bonds is 0. The number of aromatic nitrogens is 2. The van der Waals surface area contributed by atoms with Gasteiger partial charge >= 0.3 is 0 Å². The number of hydrogen-bond donors (Lipinski definition) is 0. The zero-order valence-corrected chi connectivity index (χ0v) is 5.85. The van der Waals surface area contributed by atoms with Gasteiger partial charge in [-0.2, -0.15) is 0 Å². The molecule has 2 rings (SSSR count). The molecule has 0 saturated carbocycles. The first-order valence-corrected chi connectivity index (χ1v) is 3.62. The highest BCUT2D eigenvalue weighted by Gasteiger charge is 1.96. The minimum Gasteiger partial charge on any atom is -0.297 e. The normalized spacial score (nSPS) is 10.8. The van der Waals surface area contributed by atoms with Gasteiger partial charge in [0.05, 0.1) is 5.69 Å². The van der Waals surface area contributed by atoms with E-state index in [1.54, 1.807) is 11.3 Å². The van der Waals surface area contributed by atoms with Gasteiger partial charge in [0.1, 0.15) is 11.2 Å². The Balaban J connectivity index is 2.99. The largest absolute Gasteiger partial charge is 0.297 e. The van der Waals surface area contributed by atoms with Gasteiger partial charge in [-0.25, -0.2) is 4.98 Å². The molecule has 46 valence electrons. The van der Waals surface area contributed by atoms with Crippen LogP contribution in [0.5, 0.6) is 0 Å². The summed E-state index contributed by atoms with van der Waals surface area (Å²) in [5.74, 6) is 0. The number of nitrogens with zero attached hydrogens (tertiary/aromatic N) is 2. The van der Waals surface area contributed by atoms with Crippen LogP contribution in [0.3, 0.4) is 0 Å². The van der Waals surface area contributed by atoms with Crippen LogP contribution in [0.15, 0.2) is 17.9 Å². The second-order valence-electron chi connectivity index (χ2n) is 1.95. The molecule has 0 amide bonds. The molecule has 0 radical (unpaired) electrons. The van der Waals surface area contributed by atoms with E-state index in [2.05, 4.69) is 10.4 Å². The molecule has 0 N–H and O–H groups in total. The van der Waals surface area contributed by atoms with Gasteiger partial charge in [-0.15, -0.1) is 11.3 Å². The van der Waals surface area contributed by atoms with Gasteiger partial charge in [-0.3, -0.25) is 4.40 Å². The molecule has 0 aliphatic heterocycles. The van der Waals surface area contributed by atoms with Gasteiger partial charge in [-0.1, -0.05) is 0 Å². The summed E-state index contributed by atoms with van der Waals surface area (Å²) in [5.41, 5.74) is 1.12. The number of imidazole rings is 1. The molecule has 2 aromatic rings. The van der Waals surface area contributed by atoms with Crippen LogP contribution in [0, 0.1) is 6.92 Å². The quantitative estimate of drug-likeness (QED) is 0.541. The second-order valence-corrected chi connectivity index (χ2v) is 2.84. The molecule has 2 nitrogen and oxygen atoms in total. The van der Waals surface area contributed by atoms with Crippen LogP contribution in [-0.2, 0) is 0 Å². The van der Waals surface area contributed by atoms with E-state index in [9.17, 15) is 0 Å². The van der Waals surface area contributed by atoms with E-state index in [4.69, 9.17) is 0 Å². The lowest BCUT2D eigenvalue weighted by Gasteiger charge is -1.76. The minimum atomic E-state index is 1.12. The molecule has 0 saturated heterocycles. The average Bonchev–Trinajstić information content (AvgIpc) is 2.35. The van der Waals surface area contributed by atoms with Crippen molar-refractivity contribution < 1.29 is 0 Å². The Morgan fingerprint density at radius 1 is 1.67 bits per heavy atom. The van der Waals surface area contributed by atoms with E-state index >= 15 is 0 Å². The molecule has 9 heavy (non-hydrogen) atoms. The van der Waals surface area contributed by atoms with Gasteiger partial charge in [0.25, 0.3) is 0 Å². The van der Waals surface area contributed by atoms with E-state index in [0.29, 0.717) is 0 Å². The van der Waals surface area contributed by atoms with Crippen molar-refractivity contribution >= 4 is 16.2 Å². The molecule has 0 bridgehead atoms. The van der Waals surface area contributed by atoms with Crippen LogP contribution in [-0.4, -0.2) is 9.38 Å². The Morgan fingerprint density at radius 2 is 2.56 bits per heavy atom. The molecule has 0 unspecified atom stereocenters. The van der Waals surface area contributed by atoms with E-state index in [-0.39, 0.29) is 0 Å². The van der Waals surface area contributed by atoms with E-state index < -0.39 is 0 Å². The van der Waals surface area contributed by atoms with Crippen LogP contribution < -0.4 is 0 Å². The molecular formula is C6H6N2S. The van der Waals surface area contributed by atoms with Crippen LogP contribution in [0.4, 0.5) is 0 Å². The Hall–Kier alpha value is -0.830. The van der Waals surface area contributed by atoms with Crippen molar-refractivity contribution in [1.82, 2.24) is 9.38 Å². The molecule has 2 aromatic heterocycles. The van der Waals surface area contributed by atoms with Crippen molar-refractivity contribution in [2.45, 2.75) is 6.92 Å². The molecule has 0 spiro atoms. The topological polar surface area (TPSA) is 17.3 Å². The van der Waals surface area contributed by atoms with E-state index in [0.717, 1.165) is 5.69 Å². The van der Waals surface area contributed by atoms with Crippen LogP contribution in [0.25, 0.3) is 4.83 Å². The lowest BCUT2D eigenvalue weighted by molar-refractivity contribution is 1.17. The molecule has 0 aromatic carbocycles. The summed E-state index contributed by atoms with van der Waals surface area (Å²) in [6.45, 7) is 2.02. The first kappa shape index (κ1) is 4.99. The summed E-state index contributed by atoms with van der Waals surface area (Å²) in [7, 11) is 0. The first-order chi connectivity index (χ1) is 4.38. The van der Waals surface area contributed by atoms with Gasteiger partial charge < -0.3 is 0 Å². The Labute approximate surface area is 56.8 Å². The number of aryl methyl sites for hydroxylation is 1. The highest BCUT2D eigenvalue weighted by molar-refractivity contribution is 7.15. The third-order valence-corrected chi connectivity index (χ3v) is 2.31. The Bertz CT molecular complexity index is 320. The molecule has 3 heteroatoms. The maximum absolute atomic E-state index is 4.13. The molecule has 2 heterocycles. The Morgan fingerprint density at radius 3 is 3.33 bits per heavy atom. The predicted octanol–water partition coefficient (Wildman–Crippen LogP) is 1.70. The van der Waals surface area contributed by atoms with Crippen molar-refractivity contribution in [2.75, 3.05) is 0 Å². The Kier molecular flexibility index (Phi) is 0.873. The van der Waals surface area contributed by atoms with Crippen molar-refractivity contribution in [3.05, 3.63) is 23.6 Å². The highest BCUT2D eigenvalue weighted by atomic mass is 32.1. The monoisotopic (exact) mass is 138 g/mol. The fourth-order valence-corrected chi connectivity index (χ4v) is 1.63. The molecule has 0 aliphatic carbocycles. The lowest BCUT2D eigenvalue weighted by Crippen LogP contribution is -1.67. The number of thiazole rings is 1. The minimum absolute atomic E-state index is 1.12. The zero-order valence-electron chi connectivity index (χ0n) is 5.03. The summed E-state index contributed by atoms with van der Waals surface area (Å²) >= 11 is 1.72. The van der Waals surface area contributed by atoms with Crippen molar-refractivity contribution in [1.29, 1.82) is 0 Å². The van der Waals surface area contributed by atoms with Gasteiger partial charge in [-0.05, 0) is 6.92 Å². The van der Waals surface area contributed by atoms with E-state index in [1.807, 2.05) is 23.8 Å². The second kappa shape index (κ2) is 1.57. The summed E-state index contributed by atoms with van der Waals surface area (Å²) in [6, 6.07) is 0. The summed E-state index contributed by atoms with van der Waals surface area (Å²) < 4.78 is 2.03. The number of fused-ring (bicyclic) bond motifs is 1. The van der Waals surface area contributed by atoms with Crippen LogP contribution in [0.2, 0.25) is 0 Å². The van der Waals surface area contributed by atoms with Gasteiger partial charge in [0.2, 0.25) is 0 Å². The first-order valence-electron chi connectivity index (χ1n) is 2.74. The highest BCUT2D eigenvalue weighted by Crippen LogP contribution is 2.13.